The standard InChI is InChI=1S/C28H16BrNS.C18H10BrNS.C10H7Br/c29-23-16-22-20-9-3-5-11-24(20)30(19-14-13-17-7-1-2-8-18(17)15-19)27(22)28-26(23)21-10-4-6-12-25(21)31-28;19-13-9-12-10-5-1-3-7-14(10)20-17(12)18-16(13)11-6-2-4-8-15(11)21-18;11-10-6-5-8-3-1-2-4-9(8)7-10/h1-16H;1-9,20H;1-7H. The van der Waals surface area contributed by atoms with E-state index in [2.05, 4.69) is 251 Å². The van der Waals surface area contributed by atoms with E-state index in [0.29, 0.717) is 0 Å². The van der Waals surface area contributed by atoms with Crippen LogP contribution in [0.4, 0.5) is 0 Å². The van der Waals surface area contributed by atoms with Crippen molar-refractivity contribution >= 4 is 176 Å². The highest BCUT2D eigenvalue weighted by atomic mass is 79.9. The summed E-state index contributed by atoms with van der Waals surface area (Å²) in [5.74, 6) is 0. The molecule has 4 aromatic heterocycles. The molecule has 0 saturated heterocycles. The van der Waals surface area contributed by atoms with Gasteiger partial charge in [-0.1, -0.05) is 181 Å². The molecule has 10 aromatic carbocycles. The molecule has 0 amide bonds. The van der Waals surface area contributed by atoms with Gasteiger partial charge in [-0.3, -0.25) is 0 Å². The quantitative estimate of drug-likeness (QED) is 0.169. The lowest BCUT2D eigenvalue weighted by Crippen LogP contribution is -1.94. The molecule has 0 unspecified atom stereocenters. The maximum Gasteiger partial charge on any atom is 0.0720 e. The van der Waals surface area contributed by atoms with Crippen molar-refractivity contribution in [1.82, 2.24) is 9.55 Å². The predicted molar refractivity (Wildman–Crippen MR) is 287 cm³/mol. The molecular formula is C56H33Br3N2S2. The maximum atomic E-state index is 3.90. The summed E-state index contributed by atoms with van der Waals surface area (Å²) in [5.41, 5.74) is 6.17. The molecular weight excluding hydrogens is 1000 g/mol. The van der Waals surface area contributed by atoms with Crippen LogP contribution in [-0.2, 0) is 0 Å². The lowest BCUT2D eigenvalue weighted by Gasteiger charge is -2.10. The van der Waals surface area contributed by atoms with Crippen molar-refractivity contribution in [3.8, 4) is 5.69 Å². The molecule has 1 N–H and O–H groups in total. The fourth-order valence-electron chi connectivity index (χ4n) is 9.18. The first kappa shape index (κ1) is 38.8. The maximum absolute atomic E-state index is 3.90. The van der Waals surface area contributed by atoms with E-state index in [9.17, 15) is 0 Å². The average molecular weight is 1040 g/mol. The fourth-order valence-corrected chi connectivity index (χ4v) is 13.6. The van der Waals surface area contributed by atoms with E-state index in [1.54, 1.807) is 0 Å². The Morgan fingerprint density at radius 2 is 0.921 bits per heavy atom. The average Bonchev–Trinajstić information content (AvgIpc) is 4.09. The van der Waals surface area contributed by atoms with E-state index in [1.165, 1.54) is 116 Å². The van der Waals surface area contributed by atoms with E-state index in [4.69, 9.17) is 0 Å². The lowest BCUT2D eigenvalue weighted by atomic mass is 10.1. The molecule has 0 saturated carbocycles. The van der Waals surface area contributed by atoms with Crippen molar-refractivity contribution in [1.29, 1.82) is 0 Å². The normalized spacial score (nSPS) is 11.7. The molecule has 0 radical (unpaired) electrons. The van der Waals surface area contributed by atoms with Crippen molar-refractivity contribution < 1.29 is 0 Å². The van der Waals surface area contributed by atoms with Gasteiger partial charge >= 0.3 is 0 Å². The molecule has 14 rings (SSSR count). The summed E-state index contributed by atoms with van der Waals surface area (Å²) in [7, 11) is 0. The van der Waals surface area contributed by atoms with E-state index in [0.717, 1.165) is 8.95 Å². The third kappa shape index (κ3) is 6.60. The zero-order valence-electron chi connectivity index (χ0n) is 33.4. The molecule has 0 bridgehead atoms. The van der Waals surface area contributed by atoms with Gasteiger partial charge < -0.3 is 9.55 Å². The van der Waals surface area contributed by atoms with Gasteiger partial charge in [-0.05, 0) is 82.2 Å². The van der Waals surface area contributed by atoms with Crippen molar-refractivity contribution in [3.05, 3.63) is 208 Å². The van der Waals surface area contributed by atoms with Crippen molar-refractivity contribution in [3.63, 3.8) is 0 Å². The first-order chi connectivity index (χ1) is 31.0. The minimum absolute atomic E-state index is 1.14. The molecule has 0 aliphatic heterocycles. The molecule has 300 valence electrons. The number of halogens is 3. The van der Waals surface area contributed by atoms with Gasteiger partial charge in [-0.15, -0.1) is 22.7 Å². The van der Waals surface area contributed by atoms with Crippen molar-refractivity contribution in [2.75, 3.05) is 0 Å². The Morgan fingerprint density at radius 3 is 1.63 bits per heavy atom. The highest BCUT2D eigenvalue weighted by Gasteiger charge is 2.20. The van der Waals surface area contributed by atoms with Crippen LogP contribution in [0.1, 0.15) is 0 Å². The second-order valence-corrected chi connectivity index (χ2v) is 20.4. The Balaban J connectivity index is 0.000000113. The summed E-state index contributed by atoms with van der Waals surface area (Å²) >= 11 is 14.9. The minimum atomic E-state index is 1.14. The van der Waals surface area contributed by atoms with Gasteiger partial charge in [0.1, 0.15) is 0 Å². The third-order valence-corrected chi connectivity index (χ3v) is 16.1. The summed E-state index contributed by atoms with van der Waals surface area (Å²) in [5, 5.41) is 15.5. The summed E-state index contributed by atoms with van der Waals surface area (Å²) in [4.78, 5) is 3.60. The number of hydrogen-bond donors (Lipinski definition) is 1. The number of para-hydroxylation sites is 2. The lowest BCUT2D eigenvalue weighted by molar-refractivity contribution is 1.19. The van der Waals surface area contributed by atoms with Gasteiger partial charge in [0.25, 0.3) is 0 Å². The fraction of sp³-hybridized carbons (Fsp3) is 0. The number of thiophene rings is 2. The van der Waals surface area contributed by atoms with Gasteiger partial charge in [0, 0.05) is 77.1 Å². The zero-order valence-corrected chi connectivity index (χ0v) is 39.8. The number of nitrogens with one attached hydrogen (secondary N) is 1. The number of aromatic nitrogens is 2. The molecule has 0 atom stereocenters. The number of aromatic amines is 1. The number of H-pyrrole nitrogens is 1. The van der Waals surface area contributed by atoms with Crippen LogP contribution in [0.5, 0.6) is 0 Å². The first-order valence-electron chi connectivity index (χ1n) is 20.6. The Morgan fingerprint density at radius 1 is 0.397 bits per heavy atom. The highest BCUT2D eigenvalue weighted by molar-refractivity contribution is 9.11. The van der Waals surface area contributed by atoms with E-state index in [1.807, 2.05) is 22.7 Å². The molecule has 0 aliphatic carbocycles. The van der Waals surface area contributed by atoms with Crippen LogP contribution in [0, 0.1) is 0 Å². The zero-order chi connectivity index (χ0) is 42.2. The van der Waals surface area contributed by atoms with Crippen LogP contribution < -0.4 is 0 Å². The summed E-state index contributed by atoms with van der Waals surface area (Å²) < 4.78 is 11.2. The van der Waals surface area contributed by atoms with Gasteiger partial charge in [-0.2, -0.15) is 0 Å². The number of benzene rings is 10. The summed E-state index contributed by atoms with van der Waals surface area (Å²) in [6, 6.07) is 69.1. The van der Waals surface area contributed by atoms with E-state index >= 15 is 0 Å². The second kappa shape index (κ2) is 15.8. The predicted octanol–water partition coefficient (Wildman–Crippen LogP) is 19.1. The van der Waals surface area contributed by atoms with Gasteiger partial charge in [0.05, 0.1) is 25.9 Å². The Hall–Kier alpha value is -5.80. The number of nitrogens with zero attached hydrogens (tertiary/aromatic N) is 1. The number of fused-ring (bicyclic) bond motifs is 16. The summed E-state index contributed by atoms with van der Waals surface area (Å²) in [6.07, 6.45) is 0. The topological polar surface area (TPSA) is 20.7 Å². The molecule has 7 heteroatoms. The van der Waals surface area contributed by atoms with Crippen molar-refractivity contribution in [2.24, 2.45) is 0 Å². The summed E-state index contributed by atoms with van der Waals surface area (Å²) in [6.45, 7) is 0. The van der Waals surface area contributed by atoms with Crippen LogP contribution >= 0.6 is 70.5 Å². The number of hydrogen-bond acceptors (Lipinski definition) is 2. The minimum Gasteiger partial charge on any atom is -0.353 e. The molecule has 14 aromatic rings. The molecule has 63 heavy (non-hydrogen) atoms. The highest BCUT2D eigenvalue weighted by Crippen LogP contribution is 2.47. The van der Waals surface area contributed by atoms with E-state index in [-0.39, 0.29) is 0 Å². The number of rotatable bonds is 1. The van der Waals surface area contributed by atoms with E-state index < -0.39 is 0 Å². The second-order valence-electron chi connectivity index (χ2n) is 15.7. The van der Waals surface area contributed by atoms with Crippen LogP contribution in [-0.4, -0.2) is 9.55 Å². The van der Waals surface area contributed by atoms with Crippen LogP contribution in [0.3, 0.4) is 0 Å². The third-order valence-electron chi connectivity index (χ3n) is 12.0. The van der Waals surface area contributed by atoms with Gasteiger partial charge in [-0.25, -0.2) is 0 Å². The molecule has 2 nitrogen and oxygen atoms in total. The molecule has 0 fully saturated rings. The SMILES string of the molecule is Brc1cc2c3ccccc3[nH]c2c2sc3ccccc3c12.Brc1cc2c3ccccc3n(-c3ccc4ccccc4c3)c2c2sc3ccccc3c12.Brc1ccc2ccccc2c1. The molecule has 0 spiro atoms. The molecule has 0 aliphatic rings. The Bertz CT molecular complexity index is 4100. The van der Waals surface area contributed by atoms with Crippen LogP contribution in [0.15, 0.2) is 208 Å². The Kier molecular flexibility index (Phi) is 9.72. The molecule has 4 heterocycles. The largest absolute Gasteiger partial charge is 0.353 e. The monoisotopic (exact) mass is 1030 g/mol. The smallest absolute Gasteiger partial charge is 0.0720 e. The van der Waals surface area contributed by atoms with Gasteiger partial charge in [0.15, 0.2) is 0 Å². The van der Waals surface area contributed by atoms with Crippen molar-refractivity contribution in [2.45, 2.75) is 0 Å². The van der Waals surface area contributed by atoms with Crippen LogP contribution in [0.2, 0.25) is 0 Å². The van der Waals surface area contributed by atoms with Crippen LogP contribution in [0.25, 0.3) is 111 Å². The Labute approximate surface area is 395 Å². The first-order valence-corrected chi connectivity index (χ1v) is 24.7. The van der Waals surface area contributed by atoms with Gasteiger partial charge in [0.2, 0.25) is 0 Å².